The van der Waals surface area contributed by atoms with Crippen LogP contribution in [-0.2, 0) is 11.4 Å². The maximum Gasteiger partial charge on any atom is 0.290 e. The molecule has 2 aromatic rings. The molecule has 0 radical (unpaired) electrons. The van der Waals surface area contributed by atoms with Gasteiger partial charge in [0.1, 0.15) is 12.4 Å². The SMILES string of the molecule is COc1cc(C=C2SC(=O)NC2=O)ccc1OCc1cccc(F)c1. The minimum absolute atomic E-state index is 0.196. The molecule has 0 saturated carbocycles. The van der Waals surface area contributed by atoms with Crippen LogP contribution in [0.2, 0.25) is 0 Å². The first-order valence-electron chi connectivity index (χ1n) is 7.35. The molecule has 1 aliphatic heterocycles. The fraction of sp³-hybridized carbons (Fsp3) is 0.111. The van der Waals surface area contributed by atoms with E-state index >= 15 is 0 Å². The number of amides is 2. The van der Waals surface area contributed by atoms with Crippen molar-refractivity contribution < 1.29 is 23.5 Å². The zero-order chi connectivity index (χ0) is 17.8. The lowest BCUT2D eigenvalue weighted by atomic mass is 10.2. The minimum Gasteiger partial charge on any atom is -0.493 e. The molecule has 5 nitrogen and oxygen atoms in total. The monoisotopic (exact) mass is 359 g/mol. The van der Waals surface area contributed by atoms with Crippen molar-refractivity contribution >= 4 is 29.0 Å². The van der Waals surface area contributed by atoms with Crippen molar-refractivity contribution in [1.29, 1.82) is 0 Å². The van der Waals surface area contributed by atoms with E-state index in [-0.39, 0.29) is 12.4 Å². The number of imide groups is 1. The van der Waals surface area contributed by atoms with Crippen LogP contribution in [0.25, 0.3) is 6.08 Å². The van der Waals surface area contributed by atoms with E-state index in [1.54, 1.807) is 36.4 Å². The van der Waals surface area contributed by atoms with E-state index in [0.717, 1.165) is 11.8 Å². The first-order valence-corrected chi connectivity index (χ1v) is 8.17. The number of benzene rings is 2. The van der Waals surface area contributed by atoms with E-state index in [4.69, 9.17) is 9.47 Å². The summed E-state index contributed by atoms with van der Waals surface area (Å²) in [6.45, 7) is 0.196. The normalized spacial score (nSPS) is 15.4. The van der Waals surface area contributed by atoms with Gasteiger partial charge in [0.2, 0.25) is 0 Å². The van der Waals surface area contributed by atoms with E-state index in [2.05, 4.69) is 5.32 Å². The molecule has 7 heteroatoms. The number of rotatable bonds is 5. The Balaban J connectivity index is 1.77. The predicted molar refractivity (Wildman–Crippen MR) is 92.8 cm³/mol. The predicted octanol–water partition coefficient (Wildman–Crippen LogP) is 3.74. The van der Waals surface area contributed by atoms with Gasteiger partial charge in [-0.25, -0.2) is 4.39 Å². The Morgan fingerprint density at radius 2 is 2.00 bits per heavy atom. The third-order valence-electron chi connectivity index (χ3n) is 3.41. The molecule has 0 aromatic heterocycles. The molecule has 0 aliphatic carbocycles. The summed E-state index contributed by atoms with van der Waals surface area (Å²) in [5.41, 5.74) is 1.40. The third kappa shape index (κ3) is 4.19. The Bertz CT molecular complexity index is 866. The smallest absolute Gasteiger partial charge is 0.290 e. The number of hydrogen-bond acceptors (Lipinski definition) is 5. The molecule has 1 heterocycles. The van der Waals surface area contributed by atoms with Crippen LogP contribution in [0.1, 0.15) is 11.1 Å². The molecular weight excluding hydrogens is 345 g/mol. The molecular formula is C18H14FNO4S. The highest BCUT2D eigenvalue weighted by Crippen LogP contribution is 2.32. The largest absolute Gasteiger partial charge is 0.493 e. The number of thioether (sulfide) groups is 1. The summed E-state index contributed by atoms with van der Waals surface area (Å²) >= 11 is 0.849. The molecule has 3 rings (SSSR count). The average Bonchev–Trinajstić information content (AvgIpc) is 2.91. The van der Waals surface area contributed by atoms with Crippen molar-refractivity contribution in [1.82, 2.24) is 5.32 Å². The van der Waals surface area contributed by atoms with Crippen LogP contribution in [0.4, 0.5) is 9.18 Å². The van der Waals surface area contributed by atoms with Crippen LogP contribution in [0.3, 0.4) is 0 Å². The molecule has 1 aliphatic rings. The minimum atomic E-state index is -0.416. The molecule has 1 saturated heterocycles. The van der Waals surface area contributed by atoms with Gasteiger partial charge >= 0.3 is 0 Å². The molecule has 128 valence electrons. The van der Waals surface area contributed by atoms with Gasteiger partial charge in [-0.2, -0.15) is 0 Å². The van der Waals surface area contributed by atoms with Crippen LogP contribution in [0.5, 0.6) is 11.5 Å². The second-order valence-electron chi connectivity index (χ2n) is 5.18. The second kappa shape index (κ2) is 7.40. The highest BCUT2D eigenvalue weighted by Gasteiger charge is 2.25. The lowest BCUT2D eigenvalue weighted by molar-refractivity contribution is -0.115. The van der Waals surface area contributed by atoms with Gasteiger partial charge in [-0.15, -0.1) is 0 Å². The van der Waals surface area contributed by atoms with Crippen LogP contribution in [-0.4, -0.2) is 18.3 Å². The van der Waals surface area contributed by atoms with Crippen LogP contribution < -0.4 is 14.8 Å². The number of ether oxygens (including phenoxy) is 2. The van der Waals surface area contributed by atoms with Crippen LogP contribution in [0.15, 0.2) is 47.4 Å². The lowest BCUT2D eigenvalue weighted by Gasteiger charge is -2.11. The van der Waals surface area contributed by atoms with Crippen molar-refractivity contribution in [3.8, 4) is 11.5 Å². The van der Waals surface area contributed by atoms with Gasteiger partial charge in [0.15, 0.2) is 11.5 Å². The Hall–Kier alpha value is -2.80. The molecule has 0 bridgehead atoms. The number of hydrogen-bond donors (Lipinski definition) is 1. The highest BCUT2D eigenvalue weighted by molar-refractivity contribution is 8.18. The Morgan fingerprint density at radius 1 is 1.16 bits per heavy atom. The fourth-order valence-electron chi connectivity index (χ4n) is 2.25. The number of nitrogens with one attached hydrogen (secondary N) is 1. The molecule has 1 fully saturated rings. The first-order chi connectivity index (χ1) is 12.0. The van der Waals surface area contributed by atoms with Gasteiger partial charge < -0.3 is 9.47 Å². The van der Waals surface area contributed by atoms with Gasteiger partial charge in [-0.05, 0) is 53.2 Å². The van der Waals surface area contributed by atoms with Crippen LogP contribution in [0, 0.1) is 5.82 Å². The van der Waals surface area contributed by atoms with E-state index < -0.39 is 11.1 Å². The summed E-state index contributed by atoms with van der Waals surface area (Å²) in [5, 5.41) is 1.81. The standard InChI is InChI=1S/C18H14FNO4S/c1-23-15-8-11(9-16-17(21)20-18(22)25-16)5-6-14(15)24-10-12-3-2-4-13(19)7-12/h2-9H,10H2,1H3,(H,20,21,22). The first kappa shape index (κ1) is 17.0. The summed E-state index contributed by atoms with van der Waals surface area (Å²) in [7, 11) is 1.50. The van der Waals surface area contributed by atoms with Crippen molar-refractivity contribution in [2.45, 2.75) is 6.61 Å². The summed E-state index contributed by atoms with van der Waals surface area (Å²) < 4.78 is 24.2. The average molecular weight is 359 g/mol. The molecule has 0 spiro atoms. The zero-order valence-electron chi connectivity index (χ0n) is 13.2. The Labute approximate surface area is 147 Å². The maximum absolute atomic E-state index is 13.2. The molecule has 2 amide bonds. The van der Waals surface area contributed by atoms with Gasteiger partial charge in [0.25, 0.3) is 11.1 Å². The number of carbonyl (C=O) groups excluding carboxylic acids is 2. The van der Waals surface area contributed by atoms with Crippen molar-refractivity contribution in [3.63, 3.8) is 0 Å². The summed E-state index contributed by atoms with van der Waals surface area (Å²) in [4.78, 5) is 23.1. The summed E-state index contributed by atoms with van der Waals surface area (Å²) in [5.74, 6) is 0.228. The summed E-state index contributed by atoms with van der Waals surface area (Å²) in [6, 6.07) is 11.3. The van der Waals surface area contributed by atoms with E-state index in [1.165, 1.54) is 19.2 Å². The van der Waals surface area contributed by atoms with Gasteiger partial charge in [-0.1, -0.05) is 18.2 Å². The fourth-order valence-corrected chi connectivity index (χ4v) is 2.94. The Morgan fingerprint density at radius 3 is 2.68 bits per heavy atom. The van der Waals surface area contributed by atoms with Crippen molar-refractivity contribution in [3.05, 3.63) is 64.3 Å². The van der Waals surface area contributed by atoms with Gasteiger partial charge in [0, 0.05) is 0 Å². The summed E-state index contributed by atoms with van der Waals surface area (Å²) in [6.07, 6.45) is 1.60. The number of carbonyl (C=O) groups is 2. The highest BCUT2D eigenvalue weighted by atomic mass is 32.2. The van der Waals surface area contributed by atoms with Crippen molar-refractivity contribution in [2.24, 2.45) is 0 Å². The van der Waals surface area contributed by atoms with E-state index in [0.29, 0.717) is 27.5 Å². The zero-order valence-corrected chi connectivity index (χ0v) is 14.1. The van der Waals surface area contributed by atoms with E-state index in [1.807, 2.05) is 0 Å². The number of methoxy groups -OCH3 is 1. The molecule has 0 unspecified atom stereocenters. The second-order valence-corrected chi connectivity index (χ2v) is 6.20. The molecule has 0 atom stereocenters. The van der Waals surface area contributed by atoms with E-state index in [9.17, 15) is 14.0 Å². The number of halogens is 1. The maximum atomic E-state index is 13.2. The molecule has 25 heavy (non-hydrogen) atoms. The Kier molecular flexibility index (Phi) is 5.04. The van der Waals surface area contributed by atoms with Gasteiger partial charge in [0.05, 0.1) is 12.0 Å². The topological polar surface area (TPSA) is 64.6 Å². The van der Waals surface area contributed by atoms with Crippen LogP contribution >= 0.6 is 11.8 Å². The third-order valence-corrected chi connectivity index (χ3v) is 4.22. The van der Waals surface area contributed by atoms with Gasteiger partial charge in [-0.3, -0.25) is 14.9 Å². The lowest BCUT2D eigenvalue weighted by Crippen LogP contribution is -2.17. The molecule has 1 N–H and O–H groups in total. The van der Waals surface area contributed by atoms with Crippen molar-refractivity contribution in [2.75, 3.05) is 7.11 Å². The molecule has 2 aromatic carbocycles. The quantitative estimate of drug-likeness (QED) is 0.824.